The minimum Gasteiger partial charge on any atom is -0.756 e. The van der Waals surface area contributed by atoms with Gasteiger partial charge in [0.05, 0.1) is 6.61 Å². The summed E-state index contributed by atoms with van der Waals surface area (Å²) < 4.78 is 35.8. The molecule has 0 bridgehead atoms. The molecule has 1 aliphatic heterocycles. The van der Waals surface area contributed by atoms with Crippen molar-refractivity contribution in [3.8, 4) is 0 Å². The molecule has 12 nitrogen and oxygen atoms in total. The van der Waals surface area contributed by atoms with Gasteiger partial charge in [-0.15, -0.1) is 11.8 Å². The van der Waals surface area contributed by atoms with Crippen molar-refractivity contribution in [2.45, 2.75) is 11.7 Å². The Morgan fingerprint density at radius 2 is 2.26 bits per heavy atom. The van der Waals surface area contributed by atoms with E-state index in [-0.39, 0.29) is 5.82 Å². The van der Waals surface area contributed by atoms with Crippen molar-refractivity contribution >= 4 is 33.2 Å². The van der Waals surface area contributed by atoms with Crippen molar-refractivity contribution in [3.63, 3.8) is 0 Å². The van der Waals surface area contributed by atoms with E-state index < -0.39 is 39.6 Å². The summed E-state index contributed by atoms with van der Waals surface area (Å²) in [5, 5.41) is 0. The van der Waals surface area contributed by atoms with Crippen LogP contribution in [-0.4, -0.2) is 32.2 Å². The SMILES string of the molecule is Nc1ccn(C2CSC(COP(=O)([O-])OP(=O)([O-])O)O2)c(=O)n1. The number of aromatic nitrogens is 2. The highest BCUT2D eigenvalue weighted by atomic mass is 32.2. The molecule has 2 rings (SSSR count). The highest BCUT2D eigenvalue weighted by Gasteiger charge is 2.30. The molecular weight excluding hydrogens is 376 g/mol. The summed E-state index contributed by atoms with van der Waals surface area (Å²) in [6.07, 6.45) is 0.657. The molecule has 0 spiro atoms. The summed E-state index contributed by atoms with van der Waals surface area (Å²) in [4.78, 5) is 45.0. The predicted octanol–water partition coefficient (Wildman–Crippen LogP) is -1.62. The number of phosphoric acid groups is 2. The fraction of sp³-hybridized carbons (Fsp3) is 0.500. The first-order valence-corrected chi connectivity index (χ1v) is 9.89. The van der Waals surface area contributed by atoms with Crippen LogP contribution >= 0.6 is 27.4 Å². The maximum absolute atomic E-state index is 11.7. The average molecular weight is 387 g/mol. The summed E-state index contributed by atoms with van der Waals surface area (Å²) in [5.41, 5.74) is 3.92. The normalized spacial score (nSPS) is 26.6. The Morgan fingerprint density at radius 3 is 2.87 bits per heavy atom. The maximum Gasteiger partial charge on any atom is 0.351 e. The van der Waals surface area contributed by atoms with E-state index in [0.717, 1.165) is 16.3 Å². The van der Waals surface area contributed by atoms with Gasteiger partial charge < -0.3 is 29.7 Å². The zero-order valence-electron chi connectivity index (χ0n) is 11.2. The number of rotatable bonds is 6. The third kappa shape index (κ3) is 5.68. The van der Waals surface area contributed by atoms with Crippen molar-refractivity contribution in [2.75, 3.05) is 18.1 Å². The molecule has 23 heavy (non-hydrogen) atoms. The number of nitrogen functional groups attached to an aromatic ring is 1. The van der Waals surface area contributed by atoms with E-state index in [4.69, 9.17) is 15.4 Å². The average Bonchev–Trinajstić information content (AvgIpc) is 2.82. The predicted molar refractivity (Wildman–Crippen MR) is 73.7 cm³/mol. The molecule has 130 valence electrons. The van der Waals surface area contributed by atoms with Gasteiger partial charge in [0.15, 0.2) is 0 Å². The summed E-state index contributed by atoms with van der Waals surface area (Å²) in [6.45, 7) is -0.570. The quantitative estimate of drug-likeness (QED) is 0.531. The van der Waals surface area contributed by atoms with E-state index in [0.29, 0.717) is 5.75 Å². The Balaban J connectivity index is 1.92. The molecule has 0 amide bonds. The first kappa shape index (κ1) is 18.6. The highest BCUT2D eigenvalue weighted by Crippen LogP contribution is 2.52. The number of hydrogen-bond acceptors (Lipinski definition) is 11. The first-order chi connectivity index (χ1) is 10.6. The standard InChI is InChI=1S/C8H13N3O9P2S/c9-5-1-2-11(8(12)10-5)6-4-23-7(19-6)3-18-22(16,17)20-21(13,14)15/h1-2,6-7H,3-4H2,(H,16,17)(H2,9,10,12)(H2,13,14,15)/p-2. The zero-order chi connectivity index (χ0) is 17.3. The fourth-order valence-electron chi connectivity index (χ4n) is 1.62. The number of phosphoric ester groups is 1. The van der Waals surface area contributed by atoms with Crippen LogP contribution in [0.4, 0.5) is 5.82 Å². The summed E-state index contributed by atoms with van der Waals surface area (Å²) >= 11 is 1.13. The lowest BCUT2D eigenvalue weighted by molar-refractivity contribution is -0.241. The van der Waals surface area contributed by atoms with Gasteiger partial charge in [-0.2, -0.15) is 4.98 Å². The lowest BCUT2D eigenvalue weighted by Gasteiger charge is -2.27. The smallest absolute Gasteiger partial charge is 0.351 e. The molecule has 3 N–H and O–H groups in total. The van der Waals surface area contributed by atoms with Crippen molar-refractivity contribution in [2.24, 2.45) is 0 Å². The fourth-order valence-corrected chi connectivity index (χ4v) is 4.23. The zero-order valence-corrected chi connectivity index (χ0v) is 13.8. The van der Waals surface area contributed by atoms with Crippen LogP contribution in [0.2, 0.25) is 0 Å². The molecule has 15 heteroatoms. The number of ether oxygens (including phenoxy) is 1. The number of thioether (sulfide) groups is 1. The van der Waals surface area contributed by atoms with Gasteiger partial charge in [0.1, 0.15) is 17.5 Å². The maximum atomic E-state index is 11.7. The Morgan fingerprint density at radius 1 is 1.57 bits per heavy atom. The van der Waals surface area contributed by atoms with Gasteiger partial charge in [0.2, 0.25) is 0 Å². The highest BCUT2D eigenvalue weighted by molar-refractivity contribution is 8.00. The molecular formula is C8H11N3O9P2S-2. The summed E-state index contributed by atoms with van der Waals surface area (Å²) in [7, 11) is -10.7. The second-order valence-corrected chi connectivity index (χ2v) is 8.12. The van der Waals surface area contributed by atoms with Crippen LogP contribution in [0.3, 0.4) is 0 Å². The van der Waals surface area contributed by atoms with Crippen LogP contribution in [0.15, 0.2) is 17.1 Å². The number of hydrogen-bond donors (Lipinski definition) is 2. The van der Waals surface area contributed by atoms with E-state index in [1.807, 2.05) is 0 Å². The third-order valence-corrected chi connectivity index (χ3v) is 5.65. The van der Waals surface area contributed by atoms with E-state index in [1.165, 1.54) is 12.3 Å². The monoisotopic (exact) mass is 387 g/mol. The Labute approximate surface area is 133 Å². The minimum atomic E-state index is -5.48. The third-order valence-electron chi connectivity index (χ3n) is 2.47. The molecule has 1 aromatic rings. The molecule has 1 saturated heterocycles. The molecule has 1 aliphatic rings. The Kier molecular flexibility index (Phi) is 5.67. The molecule has 2 heterocycles. The molecule has 4 atom stereocenters. The lowest BCUT2D eigenvalue weighted by atomic mass is 10.5. The van der Waals surface area contributed by atoms with Crippen molar-refractivity contribution < 1.29 is 37.4 Å². The Hall–Kier alpha value is -0.750. The number of nitrogens with zero attached hydrogens (tertiary/aromatic N) is 2. The van der Waals surface area contributed by atoms with Crippen LogP contribution < -0.4 is 21.2 Å². The first-order valence-electron chi connectivity index (χ1n) is 5.88. The van der Waals surface area contributed by atoms with Gasteiger partial charge in [-0.3, -0.25) is 13.7 Å². The molecule has 1 fully saturated rings. The second-order valence-electron chi connectivity index (χ2n) is 4.19. The Bertz CT molecular complexity index is 721. The van der Waals surface area contributed by atoms with Gasteiger partial charge in [-0.05, 0) is 6.07 Å². The van der Waals surface area contributed by atoms with Crippen LogP contribution in [0, 0.1) is 0 Å². The van der Waals surface area contributed by atoms with Gasteiger partial charge in [0, 0.05) is 11.9 Å². The minimum absolute atomic E-state index is 0.0484. The van der Waals surface area contributed by atoms with Gasteiger partial charge >= 0.3 is 5.69 Å². The van der Waals surface area contributed by atoms with Crippen molar-refractivity contribution in [3.05, 3.63) is 22.7 Å². The molecule has 0 aromatic carbocycles. The molecule has 0 saturated carbocycles. The topological polar surface area (TPSA) is 189 Å². The van der Waals surface area contributed by atoms with Gasteiger partial charge in [-0.25, -0.2) is 9.11 Å². The van der Waals surface area contributed by atoms with E-state index in [1.54, 1.807) is 0 Å². The largest absolute Gasteiger partial charge is 0.756 e. The van der Waals surface area contributed by atoms with E-state index in [2.05, 4.69) is 13.8 Å². The van der Waals surface area contributed by atoms with Crippen molar-refractivity contribution in [1.82, 2.24) is 9.55 Å². The van der Waals surface area contributed by atoms with Crippen LogP contribution in [0.25, 0.3) is 0 Å². The molecule has 1 aromatic heterocycles. The summed E-state index contributed by atoms with van der Waals surface area (Å²) in [5.74, 6) is 0.344. The summed E-state index contributed by atoms with van der Waals surface area (Å²) in [6, 6.07) is 1.39. The van der Waals surface area contributed by atoms with Gasteiger partial charge in [0.25, 0.3) is 15.6 Å². The molecule has 0 aliphatic carbocycles. The number of nitrogens with two attached hydrogens (primary N) is 1. The van der Waals surface area contributed by atoms with Crippen molar-refractivity contribution in [1.29, 1.82) is 0 Å². The molecule has 0 radical (unpaired) electrons. The lowest BCUT2D eigenvalue weighted by Crippen LogP contribution is -2.28. The number of anilines is 1. The van der Waals surface area contributed by atoms with E-state index >= 15 is 0 Å². The van der Waals surface area contributed by atoms with Crippen LogP contribution in [-0.2, 0) is 22.7 Å². The van der Waals surface area contributed by atoms with Crippen LogP contribution in [0.5, 0.6) is 0 Å². The second kappa shape index (κ2) is 7.01. The molecule has 4 unspecified atom stereocenters. The van der Waals surface area contributed by atoms with E-state index in [9.17, 15) is 23.7 Å². The van der Waals surface area contributed by atoms with Crippen LogP contribution in [0.1, 0.15) is 6.23 Å². The van der Waals surface area contributed by atoms with Gasteiger partial charge in [-0.1, -0.05) is 0 Å².